The van der Waals surface area contributed by atoms with Gasteiger partial charge in [0, 0.05) is 4.70 Å². The summed E-state index contributed by atoms with van der Waals surface area (Å²) in [5, 5.41) is 1.29. The lowest BCUT2D eigenvalue weighted by Gasteiger charge is -2.15. The first-order valence-electron chi connectivity index (χ1n) is 6.28. The molecule has 0 radical (unpaired) electrons. The zero-order chi connectivity index (χ0) is 13.1. The van der Waals surface area contributed by atoms with Gasteiger partial charge in [0.15, 0.2) is 0 Å². The van der Waals surface area contributed by atoms with Crippen molar-refractivity contribution in [2.45, 2.75) is 25.9 Å². The summed E-state index contributed by atoms with van der Waals surface area (Å²) >= 11 is 1.82. The predicted molar refractivity (Wildman–Crippen MR) is 80.5 cm³/mol. The van der Waals surface area contributed by atoms with Crippen molar-refractivity contribution in [3.63, 3.8) is 0 Å². The number of carbonyl (C=O) groups excluding carboxylic acids is 1. The van der Waals surface area contributed by atoms with Crippen LogP contribution in [0.1, 0.15) is 13.8 Å². The highest BCUT2D eigenvalue weighted by atomic mass is 32.1. The van der Waals surface area contributed by atoms with Crippen LogP contribution in [-0.2, 0) is 9.53 Å². The molecule has 0 aliphatic carbocycles. The van der Waals surface area contributed by atoms with E-state index < -0.39 is 8.80 Å². The van der Waals surface area contributed by atoms with E-state index in [1.807, 2.05) is 25.2 Å². The summed E-state index contributed by atoms with van der Waals surface area (Å²) in [5.74, 6) is -0.0471. The van der Waals surface area contributed by atoms with Gasteiger partial charge < -0.3 is 4.74 Å². The average Bonchev–Trinajstić information content (AvgIpc) is 2.81. The van der Waals surface area contributed by atoms with Crippen LogP contribution in [0, 0.1) is 0 Å². The molecule has 0 N–H and O–H groups in total. The molecule has 18 heavy (non-hydrogen) atoms. The van der Waals surface area contributed by atoms with Gasteiger partial charge in [-0.05, 0) is 28.9 Å². The van der Waals surface area contributed by atoms with Crippen LogP contribution in [-0.4, -0.2) is 21.4 Å². The third kappa shape index (κ3) is 2.65. The Morgan fingerprint density at radius 1 is 1.44 bits per heavy atom. The highest BCUT2D eigenvalue weighted by molar-refractivity contribution is 7.29. The second kappa shape index (κ2) is 5.67. The number of hydrogen-bond acceptors (Lipinski definition) is 3. The van der Waals surface area contributed by atoms with Crippen LogP contribution in [0.25, 0.3) is 10.1 Å². The molecule has 2 aromatic rings. The maximum Gasteiger partial charge on any atom is 0.305 e. The third-order valence-electron chi connectivity index (χ3n) is 3.30. The Hall–Kier alpha value is -1.13. The van der Waals surface area contributed by atoms with Crippen molar-refractivity contribution in [3.8, 4) is 0 Å². The third-order valence-corrected chi connectivity index (χ3v) is 8.55. The number of rotatable bonds is 4. The lowest BCUT2D eigenvalue weighted by molar-refractivity contribution is -0.142. The SMILES string of the molecule is CCOC(=O)C(C)[Si@H](C)c1cc2ccccc2s1. The highest BCUT2D eigenvalue weighted by Gasteiger charge is 2.25. The molecular formula is C14H18O2SSi. The van der Waals surface area contributed by atoms with Crippen molar-refractivity contribution >= 4 is 40.7 Å². The molecule has 1 aromatic heterocycles. The summed E-state index contributed by atoms with van der Waals surface area (Å²) in [6.45, 7) is 6.55. The summed E-state index contributed by atoms with van der Waals surface area (Å²) in [7, 11) is -1.28. The van der Waals surface area contributed by atoms with Gasteiger partial charge in [-0.15, -0.1) is 11.3 Å². The number of fused-ring (bicyclic) bond motifs is 1. The fourth-order valence-electron chi connectivity index (χ4n) is 1.95. The molecule has 0 bridgehead atoms. The number of hydrogen-bond donors (Lipinski definition) is 0. The van der Waals surface area contributed by atoms with Crippen LogP contribution >= 0.6 is 11.3 Å². The fraction of sp³-hybridized carbons (Fsp3) is 0.357. The van der Waals surface area contributed by atoms with E-state index in [2.05, 4.69) is 36.9 Å². The van der Waals surface area contributed by atoms with Gasteiger partial charge in [-0.25, -0.2) is 0 Å². The van der Waals surface area contributed by atoms with Gasteiger partial charge >= 0.3 is 5.97 Å². The lowest BCUT2D eigenvalue weighted by atomic mass is 10.3. The second-order valence-electron chi connectivity index (χ2n) is 4.52. The van der Waals surface area contributed by atoms with Gasteiger partial charge in [0.25, 0.3) is 0 Å². The fourth-order valence-corrected chi connectivity index (χ4v) is 5.96. The van der Waals surface area contributed by atoms with E-state index in [-0.39, 0.29) is 11.5 Å². The summed E-state index contributed by atoms with van der Waals surface area (Å²) in [6.07, 6.45) is 0. The van der Waals surface area contributed by atoms with Gasteiger partial charge in [-0.3, -0.25) is 4.79 Å². The van der Waals surface area contributed by atoms with Crippen molar-refractivity contribution in [1.29, 1.82) is 0 Å². The van der Waals surface area contributed by atoms with E-state index in [4.69, 9.17) is 4.74 Å². The van der Waals surface area contributed by atoms with Crippen molar-refractivity contribution in [2.75, 3.05) is 6.61 Å². The molecule has 0 aliphatic heterocycles. The maximum atomic E-state index is 11.8. The number of esters is 1. The van der Waals surface area contributed by atoms with Crippen molar-refractivity contribution in [2.24, 2.45) is 0 Å². The Morgan fingerprint density at radius 2 is 2.17 bits per heavy atom. The first-order chi connectivity index (χ1) is 8.63. The minimum Gasteiger partial charge on any atom is -0.466 e. The Bertz CT molecular complexity index is 516. The van der Waals surface area contributed by atoms with Crippen molar-refractivity contribution in [1.82, 2.24) is 0 Å². The minimum absolute atomic E-state index is 0.0398. The zero-order valence-corrected chi connectivity index (χ0v) is 12.9. The normalized spacial score (nSPS) is 14.4. The number of carbonyl (C=O) groups is 1. The van der Waals surface area contributed by atoms with Gasteiger partial charge in [0.1, 0.15) is 0 Å². The standard InChI is InChI=1S/C14H18O2SSi/c1-4-16-14(15)10(2)18(3)13-9-11-7-5-6-8-12(11)17-13/h5-10,18H,4H2,1-3H3/t10?,18-/m0/s1. The van der Waals surface area contributed by atoms with Gasteiger partial charge in [-0.1, -0.05) is 31.7 Å². The summed E-state index contributed by atoms with van der Waals surface area (Å²) in [4.78, 5) is 11.8. The summed E-state index contributed by atoms with van der Waals surface area (Å²) < 4.78 is 7.81. The Balaban J connectivity index is 2.22. The molecular weight excluding hydrogens is 260 g/mol. The molecule has 0 aliphatic rings. The first-order valence-corrected chi connectivity index (χ1v) is 9.50. The Morgan fingerprint density at radius 3 is 2.83 bits per heavy atom. The molecule has 2 rings (SSSR count). The summed E-state index contributed by atoms with van der Waals surface area (Å²) in [5.41, 5.74) is 0.0398. The van der Waals surface area contributed by atoms with Crippen molar-refractivity contribution < 1.29 is 9.53 Å². The molecule has 4 heteroatoms. The minimum atomic E-state index is -1.28. The zero-order valence-electron chi connectivity index (χ0n) is 11.0. The topological polar surface area (TPSA) is 26.3 Å². The molecule has 0 spiro atoms. The Kier molecular flexibility index (Phi) is 4.19. The first kappa shape index (κ1) is 13.3. The molecule has 96 valence electrons. The Labute approximate surface area is 113 Å². The van der Waals surface area contributed by atoms with Crippen LogP contribution in [0.15, 0.2) is 30.3 Å². The van der Waals surface area contributed by atoms with E-state index >= 15 is 0 Å². The smallest absolute Gasteiger partial charge is 0.305 e. The predicted octanol–water partition coefficient (Wildman–Crippen LogP) is 2.92. The quantitative estimate of drug-likeness (QED) is 0.635. The van der Waals surface area contributed by atoms with Gasteiger partial charge in [0.2, 0.25) is 0 Å². The lowest BCUT2D eigenvalue weighted by Crippen LogP contribution is -2.33. The van der Waals surface area contributed by atoms with Crippen LogP contribution in [0.3, 0.4) is 0 Å². The van der Waals surface area contributed by atoms with Crippen LogP contribution in [0.5, 0.6) is 0 Å². The van der Waals surface area contributed by atoms with E-state index in [1.165, 1.54) is 14.6 Å². The molecule has 0 saturated carbocycles. The highest BCUT2D eigenvalue weighted by Crippen LogP contribution is 2.22. The van der Waals surface area contributed by atoms with Gasteiger partial charge in [0.05, 0.1) is 20.9 Å². The molecule has 2 nitrogen and oxygen atoms in total. The van der Waals surface area contributed by atoms with E-state index in [0.29, 0.717) is 6.61 Å². The molecule has 0 amide bonds. The number of thiophene rings is 1. The molecule has 0 fully saturated rings. The van der Waals surface area contributed by atoms with Crippen LogP contribution in [0.2, 0.25) is 12.1 Å². The van der Waals surface area contributed by atoms with Crippen LogP contribution in [0.4, 0.5) is 0 Å². The van der Waals surface area contributed by atoms with Crippen LogP contribution < -0.4 is 4.50 Å². The number of ether oxygens (including phenoxy) is 1. The van der Waals surface area contributed by atoms with Crippen molar-refractivity contribution in [3.05, 3.63) is 30.3 Å². The molecule has 1 unspecified atom stereocenters. The van der Waals surface area contributed by atoms with E-state index in [9.17, 15) is 4.79 Å². The van der Waals surface area contributed by atoms with E-state index in [0.717, 1.165) is 0 Å². The van der Waals surface area contributed by atoms with E-state index in [1.54, 1.807) is 0 Å². The molecule has 0 saturated heterocycles. The maximum absolute atomic E-state index is 11.8. The monoisotopic (exact) mass is 278 g/mol. The average molecular weight is 278 g/mol. The molecule has 1 heterocycles. The number of benzene rings is 1. The molecule has 1 aromatic carbocycles. The van der Waals surface area contributed by atoms with Gasteiger partial charge in [-0.2, -0.15) is 0 Å². The largest absolute Gasteiger partial charge is 0.466 e. The second-order valence-corrected chi connectivity index (χ2v) is 9.25. The molecule has 2 atom stereocenters. The summed E-state index contributed by atoms with van der Waals surface area (Å²) in [6, 6.07) is 10.6.